The average Bonchev–Trinajstić information content (AvgIpc) is 3.19. The SMILES string of the molecule is C=CCc1cc(/C=C2/SC(=O)N(CC(=O)Nc3ccccc3Cl)C2=O)cc(OCC)c1OCc1ccc(Cl)c(Cl)c1. The summed E-state index contributed by atoms with van der Waals surface area (Å²) in [5, 5.41) is 3.30. The molecule has 0 aliphatic carbocycles. The van der Waals surface area contributed by atoms with E-state index in [0.29, 0.717) is 50.8 Å². The summed E-state index contributed by atoms with van der Waals surface area (Å²) in [5.41, 5.74) is 2.61. The summed E-state index contributed by atoms with van der Waals surface area (Å²) >= 11 is 19.0. The van der Waals surface area contributed by atoms with E-state index in [1.165, 1.54) is 0 Å². The Hall–Kier alpha value is -3.43. The summed E-state index contributed by atoms with van der Waals surface area (Å²) in [5.74, 6) is -0.120. The fourth-order valence-corrected chi connectivity index (χ4v) is 5.31. The van der Waals surface area contributed by atoms with Crippen LogP contribution < -0.4 is 14.8 Å². The Morgan fingerprint density at radius 2 is 1.80 bits per heavy atom. The zero-order valence-electron chi connectivity index (χ0n) is 21.9. The number of nitrogens with one attached hydrogen (secondary N) is 1. The number of hydrogen-bond donors (Lipinski definition) is 1. The lowest BCUT2D eigenvalue weighted by Gasteiger charge is -2.17. The lowest BCUT2D eigenvalue weighted by Crippen LogP contribution is -2.36. The number of halogens is 3. The summed E-state index contributed by atoms with van der Waals surface area (Å²) < 4.78 is 12.0. The lowest BCUT2D eigenvalue weighted by molar-refractivity contribution is -0.127. The molecule has 0 atom stereocenters. The largest absolute Gasteiger partial charge is 0.490 e. The van der Waals surface area contributed by atoms with Crippen LogP contribution in [0.3, 0.4) is 0 Å². The van der Waals surface area contributed by atoms with E-state index in [-0.39, 0.29) is 11.5 Å². The smallest absolute Gasteiger partial charge is 0.294 e. The Balaban J connectivity index is 1.56. The fourth-order valence-electron chi connectivity index (χ4n) is 3.97. The summed E-state index contributed by atoms with van der Waals surface area (Å²) in [6.07, 6.45) is 3.78. The quantitative estimate of drug-likeness (QED) is 0.170. The fraction of sp³-hybridized carbons (Fsp3) is 0.167. The van der Waals surface area contributed by atoms with E-state index < -0.39 is 23.6 Å². The van der Waals surface area contributed by atoms with Crippen molar-refractivity contribution in [2.75, 3.05) is 18.5 Å². The predicted octanol–water partition coefficient (Wildman–Crippen LogP) is 8.03. The first kappa shape index (κ1) is 30.5. The van der Waals surface area contributed by atoms with E-state index >= 15 is 0 Å². The zero-order chi connectivity index (χ0) is 29.5. The molecule has 0 unspecified atom stereocenters. The van der Waals surface area contributed by atoms with Gasteiger partial charge in [0.2, 0.25) is 5.91 Å². The van der Waals surface area contributed by atoms with Crippen LogP contribution in [0.25, 0.3) is 6.08 Å². The molecule has 0 bridgehead atoms. The van der Waals surface area contributed by atoms with Gasteiger partial charge in [-0.3, -0.25) is 19.3 Å². The van der Waals surface area contributed by atoms with E-state index in [2.05, 4.69) is 11.9 Å². The van der Waals surface area contributed by atoms with Gasteiger partial charge >= 0.3 is 0 Å². The monoisotopic (exact) mass is 630 g/mol. The van der Waals surface area contributed by atoms with Crippen molar-refractivity contribution in [3.05, 3.63) is 104 Å². The van der Waals surface area contributed by atoms with Crippen LogP contribution in [0.4, 0.5) is 10.5 Å². The van der Waals surface area contributed by atoms with Crippen LogP contribution in [-0.2, 0) is 22.6 Å². The van der Waals surface area contributed by atoms with Gasteiger partial charge < -0.3 is 14.8 Å². The number of benzene rings is 3. The minimum absolute atomic E-state index is 0.178. The molecule has 0 aromatic heterocycles. The summed E-state index contributed by atoms with van der Waals surface area (Å²) in [7, 11) is 0. The summed E-state index contributed by atoms with van der Waals surface area (Å²) in [6.45, 7) is 5.84. The van der Waals surface area contributed by atoms with Crippen LogP contribution >= 0.6 is 46.6 Å². The Labute approximate surface area is 257 Å². The number of hydrogen-bond acceptors (Lipinski definition) is 6. The van der Waals surface area contributed by atoms with Crippen molar-refractivity contribution in [2.45, 2.75) is 20.0 Å². The Bertz CT molecular complexity index is 1540. The average molecular weight is 632 g/mol. The third-order valence-electron chi connectivity index (χ3n) is 5.81. The number of rotatable bonds is 11. The summed E-state index contributed by atoms with van der Waals surface area (Å²) in [4.78, 5) is 39.4. The topological polar surface area (TPSA) is 84.9 Å². The first-order valence-corrected chi connectivity index (χ1v) is 14.4. The van der Waals surface area contributed by atoms with Gasteiger partial charge in [0.15, 0.2) is 11.5 Å². The molecule has 41 heavy (non-hydrogen) atoms. The maximum Gasteiger partial charge on any atom is 0.294 e. The van der Waals surface area contributed by atoms with E-state index in [1.54, 1.807) is 54.6 Å². The standard InChI is InChI=1S/C30H25Cl3N2O5S/c1-3-7-20-12-19(14-25(39-4-2)28(20)40-17-18-10-11-21(31)23(33)13-18)15-26-29(37)35(30(38)41-26)16-27(36)34-24-9-6-5-8-22(24)32/h3,5-6,8-15H,1,4,7,16-17H2,2H3,(H,34,36)/b26-15+. The third-order valence-corrected chi connectivity index (χ3v) is 7.78. The second-order valence-corrected chi connectivity index (χ2v) is 11.0. The van der Waals surface area contributed by atoms with Gasteiger partial charge in [-0.25, -0.2) is 0 Å². The maximum atomic E-state index is 13.1. The van der Waals surface area contributed by atoms with Crippen LogP contribution in [0, 0.1) is 0 Å². The highest BCUT2D eigenvalue weighted by molar-refractivity contribution is 8.18. The molecule has 3 amide bonds. The first-order valence-electron chi connectivity index (χ1n) is 12.5. The van der Waals surface area contributed by atoms with Gasteiger partial charge in [-0.2, -0.15) is 0 Å². The van der Waals surface area contributed by atoms with E-state index in [4.69, 9.17) is 44.3 Å². The molecule has 0 radical (unpaired) electrons. The van der Waals surface area contributed by atoms with Gasteiger partial charge in [-0.1, -0.05) is 59.1 Å². The van der Waals surface area contributed by atoms with Crippen molar-refractivity contribution in [3.63, 3.8) is 0 Å². The second kappa shape index (κ2) is 14.0. The highest BCUT2D eigenvalue weighted by Crippen LogP contribution is 2.38. The Kier molecular flexibility index (Phi) is 10.4. The zero-order valence-corrected chi connectivity index (χ0v) is 25.0. The molecule has 4 rings (SSSR count). The lowest BCUT2D eigenvalue weighted by atomic mass is 10.0. The molecule has 1 fully saturated rings. The number of anilines is 1. The van der Waals surface area contributed by atoms with Crippen LogP contribution in [0.15, 0.2) is 72.2 Å². The van der Waals surface area contributed by atoms with Gasteiger partial charge in [0.25, 0.3) is 11.1 Å². The van der Waals surface area contributed by atoms with Gasteiger partial charge in [0.1, 0.15) is 13.2 Å². The molecular weight excluding hydrogens is 607 g/mol. The van der Waals surface area contributed by atoms with E-state index in [1.807, 2.05) is 19.1 Å². The number of allylic oxidation sites excluding steroid dienone is 1. The van der Waals surface area contributed by atoms with Crippen molar-refractivity contribution in [1.29, 1.82) is 0 Å². The number of para-hydroxylation sites is 1. The molecule has 0 saturated carbocycles. The molecule has 1 heterocycles. The van der Waals surface area contributed by atoms with Crippen molar-refractivity contribution in [3.8, 4) is 11.5 Å². The number of carbonyl (C=O) groups excluding carboxylic acids is 3. The van der Waals surface area contributed by atoms with Crippen LogP contribution in [0.1, 0.15) is 23.6 Å². The molecule has 1 aliphatic rings. The molecule has 1 aliphatic heterocycles. The first-order chi connectivity index (χ1) is 19.7. The van der Waals surface area contributed by atoms with E-state index in [0.717, 1.165) is 27.8 Å². The third kappa shape index (κ3) is 7.65. The van der Waals surface area contributed by atoms with Gasteiger partial charge in [-0.05, 0) is 78.7 Å². The van der Waals surface area contributed by atoms with Gasteiger partial charge in [0, 0.05) is 5.56 Å². The number of carbonyl (C=O) groups is 3. The van der Waals surface area contributed by atoms with Crippen LogP contribution in [0.5, 0.6) is 11.5 Å². The molecule has 1 N–H and O–H groups in total. The van der Waals surface area contributed by atoms with Gasteiger partial charge in [0.05, 0.1) is 32.3 Å². The Morgan fingerprint density at radius 1 is 1.02 bits per heavy atom. The molecular formula is C30H25Cl3N2O5S. The van der Waals surface area contributed by atoms with Crippen molar-refractivity contribution < 1.29 is 23.9 Å². The highest BCUT2D eigenvalue weighted by Gasteiger charge is 2.36. The highest BCUT2D eigenvalue weighted by atomic mass is 35.5. The van der Waals surface area contributed by atoms with Crippen molar-refractivity contribution >= 4 is 75.4 Å². The molecule has 0 spiro atoms. The molecule has 11 heteroatoms. The van der Waals surface area contributed by atoms with Crippen LogP contribution in [-0.4, -0.2) is 35.1 Å². The van der Waals surface area contributed by atoms with Gasteiger partial charge in [-0.15, -0.1) is 6.58 Å². The second-order valence-electron chi connectivity index (χ2n) is 8.77. The number of nitrogens with zero attached hydrogens (tertiary/aromatic N) is 1. The molecule has 212 valence electrons. The minimum Gasteiger partial charge on any atom is -0.490 e. The number of thioether (sulfide) groups is 1. The number of ether oxygens (including phenoxy) is 2. The maximum absolute atomic E-state index is 13.1. The molecule has 1 saturated heterocycles. The number of imide groups is 1. The van der Waals surface area contributed by atoms with E-state index in [9.17, 15) is 14.4 Å². The molecule has 3 aromatic carbocycles. The molecule has 3 aromatic rings. The van der Waals surface area contributed by atoms with Crippen LogP contribution in [0.2, 0.25) is 15.1 Å². The minimum atomic E-state index is -0.572. The number of amides is 3. The Morgan fingerprint density at radius 3 is 2.51 bits per heavy atom. The predicted molar refractivity (Wildman–Crippen MR) is 165 cm³/mol. The normalized spacial score (nSPS) is 14.0. The van der Waals surface area contributed by atoms with Crippen molar-refractivity contribution in [1.82, 2.24) is 4.90 Å². The molecule has 7 nitrogen and oxygen atoms in total. The summed E-state index contributed by atoms with van der Waals surface area (Å²) in [6, 6.07) is 15.5. The van der Waals surface area contributed by atoms with Crippen molar-refractivity contribution in [2.24, 2.45) is 0 Å².